The molecule has 0 saturated carbocycles. The fourth-order valence-corrected chi connectivity index (χ4v) is 10.7. The van der Waals surface area contributed by atoms with Gasteiger partial charge in [-0.2, -0.15) is 0 Å². The number of para-hydroxylation sites is 5. The highest BCUT2D eigenvalue weighted by Crippen LogP contribution is 2.48. The predicted molar refractivity (Wildman–Crippen MR) is 274 cm³/mol. The molecule has 0 spiro atoms. The van der Waals surface area contributed by atoms with E-state index in [-0.39, 0.29) is 5.03 Å². The normalized spacial score (nSPS) is 13.0. The van der Waals surface area contributed by atoms with Crippen LogP contribution in [-0.4, -0.2) is 29.2 Å². The number of rotatable bonds is 8. The van der Waals surface area contributed by atoms with Crippen LogP contribution in [0.4, 0.5) is 11.4 Å². The topological polar surface area (TPSA) is 68.1 Å². The molecule has 1 aliphatic heterocycles. The SMILES string of the molecule is C=C1C=C(c2ccc(-c3ccc4c(c3)-c3cc(-c5ccc(-c6nc7ccccc7n6-c6ccccc6)cc5)cc(-c5cccnc5S(C)(=O)=O)c3C4)cc2)N(c2ccccc2)c2ccccc21. The lowest BCUT2D eigenvalue weighted by molar-refractivity contribution is 0.598. The maximum atomic E-state index is 13.3. The van der Waals surface area contributed by atoms with Crippen LogP contribution in [0.3, 0.4) is 0 Å². The first-order valence-electron chi connectivity index (χ1n) is 22.3. The molecule has 0 bridgehead atoms. The van der Waals surface area contributed by atoms with Gasteiger partial charge < -0.3 is 4.90 Å². The number of aromatic nitrogens is 3. The number of pyridine rings is 1. The lowest BCUT2D eigenvalue weighted by atomic mass is 9.90. The van der Waals surface area contributed by atoms with Crippen molar-refractivity contribution in [1.29, 1.82) is 0 Å². The first kappa shape index (κ1) is 40.1. The quantitative estimate of drug-likeness (QED) is 0.152. The molecule has 12 rings (SSSR count). The maximum Gasteiger partial charge on any atom is 0.193 e. The number of benzene rings is 8. The lowest BCUT2D eigenvalue weighted by Gasteiger charge is -2.33. The third-order valence-electron chi connectivity index (χ3n) is 13.1. The highest BCUT2D eigenvalue weighted by molar-refractivity contribution is 7.90. The second kappa shape index (κ2) is 15.9. The minimum absolute atomic E-state index is 0.0761. The average Bonchev–Trinajstić information content (AvgIpc) is 3.95. The van der Waals surface area contributed by atoms with E-state index in [0.29, 0.717) is 12.0 Å². The van der Waals surface area contributed by atoms with E-state index in [0.717, 1.165) is 106 Å². The van der Waals surface area contributed by atoms with Crippen LogP contribution in [0.5, 0.6) is 0 Å². The lowest BCUT2D eigenvalue weighted by Crippen LogP contribution is -2.19. The van der Waals surface area contributed by atoms with E-state index in [1.54, 1.807) is 6.20 Å². The first-order valence-corrected chi connectivity index (χ1v) is 24.2. The Morgan fingerprint density at radius 1 is 0.522 bits per heavy atom. The third-order valence-corrected chi connectivity index (χ3v) is 14.1. The number of hydrogen-bond donors (Lipinski definition) is 0. The van der Waals surface area contributed by atoms with Gasteiger partial charge in [-0.25, -0.2) is 18.4 Å². The van der Waals surface area contributed by atoms with Crippen molar-refractivity contribution in [3.8, 4) is 61.6 Å². The monoisotopic (exact) mass is 882 g/mol. The van der Waals surface area contributed by atoms with Gasteiger partial charge in [0.15, 0.2) is 14.9 Å². The van der Waals surface area contributed by atoms with E-state index in [9.17, 15) is 8.42 Å². The molecule has 0 fully saturated rings. The molecule has 7 heteroatoms. The van der Waals surface area contributed by atoms with E-state index >= 15 is 0 Å². The van der Waals surface area contributed by atoms with E-state index in [2.05, 4.69) is 173 Å². The number of fused-ring (bicyclic) bond motifs is 5. The largest absolute Gasteiger partial charge is 0.309 e. The molecule has 320 valence electrons. The minimum atomic E-state index is -3.64. The summed E-state index contributed by atoms with van der Waals surface area (Å²) >= 11 is 0. The average molecular weight is 883 g/mol. The van der Waals surface area contributed by atoms with E-state index < -0.39 is 9.84 Å². The summed E-state index contributed by atoms with van der Waals surface area (Å²) in [6, 6.07) is 69.5. The summed E-state index contributed by atoms with van der Waals surface area (Å²) in [6.07, 6.45) is 5.63. The van der Waals surface area contributed by atoms with Gasteiger partial charge in [0, 0.05) is 40.5 Å². The van der Waals surface area contributed by atoms with Gasteiger partial charge >= 0.3 is 0 Å². The van der Waals surface area contributed by atoms with E-state index in [4.69, 9.17) is 4.98 Å². The second-order valence-electron chi connectivity index (χ2n) is 17.2. The number of hydrogen-bond acceptors (Lipinski definition) is 5. The Morgan fingerprint density at radius 3 is 1.85 bits per heavy atom. The molecule has 0 saturated heterocycles. The standard InChI is InChI=1S/C60H42N4O2S/c1-39-34-58(63(47-14-5-3-6-15-47)56-21-11-9-18-49(39)56)42-27-23-40(24-28-42)44-31-32-45-36-54-52(50-19-13-33-61-60(50)67(2,65)66)37-46(38-53(54)51(45)35-44)41-25-29-43(30-26-41)59-62-55-20-10-12-22-57(55)64(59)48-16-7-4-8-17-48/h3-35,37-38H,1,36H2,2H3. The van der Waals surface area contributed by atoms with Gasteiger partial charge in [0.05, 0.1) is 22.4 Å². The van der Waals surface area contributed by atoms with Gasteiger partial charge in [-0.1, -0.05) is 134 Å². The van der Waals surface area contributed by atoms with Crippen LogP contribution in [0.1, 0.15) is 22.3 Å². The fourth-order valence-electron chi connectivity index (χ4n) is 9.90. The molecule has 3 heterocycles. The molecule has 2 aliphatic rings. The molecule has 0 amide bonds. The molecule has 0 unspecified atom stereocenters. The summed E-state index contributed by atoms with van der Waals surface area (Å²) < 4.78 is 28.8. The van der Waals surface area contributed by atoms with Crippen molar-refractivity contribution in [2.75, 3.05) is 11.2 Å². The highest BCUT2D eigenvalue weighted by atomic mass is 32.2. The van der Waals surface area contributed by atoms with Crippen LogP contribution in [0.2, 0.25) is 0 Å². The predicted octanol–water partition coefficient (Wildman–Crippen LogP) is 14.3. The van der Waals surface area contributed by atoms with Crippen LogP contribution in [0.25, 0.3) is 83.9 Å². The smallest absolute Gasteiger partial charge is 0.193 e. The van der Waals surface area contributed by atoms with Crippen molar-refractivity contribution < 1.29 is 8.42 Å². The number of sulfone groups is 1. The Hall–Kier alpha value is -8.39. The summed E-state index contributed by atoms with van der Waals surface area (Å²) in [5.41, 5.74) is 20.6. The van der Waals surface area contributed by atoms with Gasteiger partial charge in [-0.05, 0) is 147 Å². The fraction of sp³-hybridized carbons (Fsp3) is 0.0333. The number of allylic oxidation sites excluding steroid dienone is 2. The molecule has 67 heavy (non-hydrogen) atoms. The number of imidazole rings is 1. The molecule has 1 aliphatic carbocycles. The summed E-state index contributed by atoms with van der Waals surface area (Å²) in [5.74, 6) is 0.857. The second-order valence-corrected chi connectivity index (χ2v) is 19.2. The Kier molecular flexibility index (Phi) is 9.55. The van der Waals surface area contributed by atoms with Gasteiger partial charge in [-0.15, -0.1) is 0 Å². The first-order chi connectivity index (χ1) is 32.8. The van der Waals surface area contributed by atoms with Gasteiger partial charge in [-0.3, -0.25) is 4.57 Å². The molecular weight excluding hydrogens is 841 g/mol. The van der Waals surface area contributed by atoms with Gasteiger partial charge in [0.2, 0.25) is 0 Å². The van der Waals surface area contributed by atoms with Crippen molar-refractivity contribution >= 4 is 43.5 Å². The van der Waals surface area contributed by atoms with E-state index in [1.807, 2.05) is 54.6 Å². The minimum Gasteiger partial charge on any atom is -0.309 e. The Balaban J connectivity index is 0.946. The van der Waals surface area contributed by atoms with Gasteiger partial charge in [0.25, 0.3) is 0 Å². The van der Waals surface area contributed by atoms with Crippen molar-refractivity contribution in [2.24, 2.45) is 0 Å². The third kappa shape index (κ3) is 6.99. The molecule has 2 aromatic heterocycles. The summed E-state index contributed by atoms with van der Waals surface area (Å²) in [5, 5.41) is 0.0761. The Bertz CT molecular complexity index is 3740. The summed E-state index contributed by atoms with van der Waals surface area (Å²) in [7, 11) is -3.64. The van der Waals surface area contributed by atoms with Crippen LogP contribution in [0.15, 0.2) is 224 Å². The molecule has 0 radical (unpaired) electrons. The molecule has 0 atom stereocenters. The summed E-state index contributed by atoms with van der Waals surface area (Å²) in [6.45, 7) is 4.44. The van der Waals surface area contributed by atoms with Crippen molar-refractivity contribution in [3.05, 3.63) is 241 Å². The molecule has 8 aromatic carbocycles. The van der Waals surface area contributed by atoms with Crippen molar-refractivity contribution in [3.63, 3.8) is 0 Å². The Morgan fingerprint density at radius 2 is 1.10 bits per heavy atom. The molecule has 10 aromatic rings. The van der Waals surface area contributed by atoms with Crippen LogP contribution in [0, 0.1) is 0 Å². The number of anilines is 2. The summed E-state index contributed by atoms with van der Waals surface area (Å²) in [4.78, 5) is 11.8. The molecule has 0 N–H and O–H groups in total. The Labute approximate surface area is 390 Å². The van der Waals surface area contributed by atoms with Crippen molar-refractivity contribution in [1.82, 2.24) is 14.5 Å². The molecule has 6 nitrogen and oxygen atoms in total. The van der Waals surface area contributed by atoms with E-state index in [1.165, 1.54) is 11.8 Å². The highest BCUT2D eigenvalue weighted by Gasteiger charge is 2.28. The van der Waals surface area contributed by atoms with Crippen LogP contribution >= 0.6 is 0 Å². The maximum absolute atomic E-state index is 13.3. The zero-order valence-electron chi connectivity index (χ0n) is 36.6. The van der Waals surface area contributed by atoms with Crippen LogP contribution in [-0.2, 0) is 16.3 Å². The van der Waals surface area contributed by atoms with Crippen LogP contribution < -0.4 is 4.90 Å². The molecular formula is C60H42N4O2S. The van der Waals surface area contributed by atoms with Crippen molar-refractivity contribution in [2.45, 2.75) is 11.4 Å². The van der Waals surface area contributed by atoms with Gasteiger partial charge in [0.1, 0.15) is 5.82 Å². The number of nitrogens with zero attached hydrogens (tertiary/aromatic N) is 4. The zero-order valence-corrected chi connectivity index (χ0v) is 37.5. The zero-order chi connectivity index (χ0) is 45.2.